The second-order valence-electron chi connectivity index (χ2n) is 16.5. The first kappa shape index (κ1) is 25.8. The minimum absolute atomic E-state index is 0.0929. The van der Waals surface area contributed by atoms with Gasteiger partial charge in [0, 0.05) is 11.3 Å². The summed E-state index contributed by atoms with van der Waals surface area (Å²) in [6, 6.07) is 0. The standard InChI is InChI=1S/C35H52O3/c1-19(2)29-23-11-10-21(4)30-22-14-34(7,26(30)16-33(23,6)17-27(29)36)35(15-22)25-13-24-20(3)9-8-12-32(24,5)18-28(25)38-31(35)37/h19,21-23,25,27-29,36H,8-18H2,1-7H3. The Bertz CT molecular complexity index is 1130. The highest BCUT2D eigenvalue weighted by molar-refractivity contribution is 5.83. The van der Waals surface area contributed by atoms with Crippen molar-refractivity contribution >= 4 is 5.97 Å². The third kappa shape index (κ3) is 3.04. The lowest BCUT2D eigenvalue weighted by atomic mass is 9.48. The van der Waals surface area contributed by atoms with E-state index in [-0.39, 0.29) is 39.8 Å². The van der Waals surface area contributed by atoms with Gasteiger partial charge in [-0.25, -0.2) is 0 Å². The maximum Gasteiger partial charge on any atom is 0.313 e. The van der Waals surface area contributed by atoms with Crippen LogP contribution >= 0.6 is 0 Å². The highest BCUT2D eigenvalue weighted by Gasteiger charge is 2.75. The van der Waals surface area contributed by atoms with E-state index in [0.29, 0.717) is 35.5 Å². The number of fused-ring (bicyclic) bond motifs is 9. The molecule has 3 nitrogen and oxygen atoms in total. The summed E-state index contributed by atoms with van der Waals surface area (Å²) < 4.78 is 6.49. The molecule has 1 saturated heterocycles. The summed E-state index contributed by atoms with van der Waals surface area (Å²) in [6.07, 6.45) is 12.4. The zero-order valence-corrected chi connectivity index (χ0v) is 25.2. The van der Waals surface area contributed by atoms with Crippen LogP contribution in [0.15, 0.2) is 22.3 Å². The van der Waals surface area contributed by atoms with Crippen LogP contribution in [0.4, 0.5) is 0 Å². The van der Waals surface area contributed by atoms with E-state index in [4.69, 9.17) is 4.74 Å². The van der Waals surface area contributed by atoms with Gasteiger partial charge in [0.05, 0.1) is 11.5 Å². The summed E-state index contributed by atoms with van der Waals surface area (Å²) in [7, 11) is 0. The first-order valence-corrected chi connectivity index (χ1v) is 16.2. The maximum atomic E-state index is 14.3. The first-order valence-electron chi connectivity index (χ1n) is 16.2. The molecule has 11 unspecified atom stereocenters. The Kier molecular flexibility index (Phi) is 5.45. The van der Waals surface area contributed by atoms with Crippen molar-refractivity contribution in [1.82, 2.24) is 0 Å². The van der Waals surface area contributed by atoms with Crippen molar-refractivity contribution in [2.75, 3.05) is 0 Å². The lowest BCUT2D eigenvalue weighted by Crippen LogP contribution is -2.50. The van der Waals surface area contributed by atoms with E-state index >= 15 is 0 Å². The van der Waals surface area contributed by atoms with E-state index in [0.717, 1.165) is 38.5 Å². The monoisotopic (exact) mass is 520 g/mol. The van der Waals surface area contributed by atoms with Crippen molar-refractivity contribution in [3.05, 3.63) is 22.3 Å². The fourth-order valence-corrected chi connectivity index (χ4v) is 12.7. The van der Waals surface area contributed by atoms with Gasteiger partial charge in [-0.2, -0.15) is 0 Å². The molecule has 0 aromatic carbocycles. The molecule has 1 aliphatic heterocycles. The van der Waals surface area contributed by atoms with Crippen molar-refractivity contribution in [1.29, 1.82) is 0 Å². The summed E-state index contributed by atoms with van der Waals surface area (Å²) >= 11 is 0. The largest absolute Gasteiger partial charge is 0.462 e. The molecule has 4 fully saturated rings. The van der Waals surface area contributed by atoms with E-state index < -0.39 is 0 Å². The zero-order chi connectivity index (χ0) is 27.0. The minimum Gasteiger partial charge on any atom is -0.462 e. The third-order valence-corrected chi connectivity index (χ3v) is 14.2. The molecule has 1 N–H and O–H groups in total. The lowest BCUT2D eigenvalue weighted by Gasteiger charge is -2.52. The molecule has 0 aromatic heterocycles. The Hall–Kier alpha value is -1.09. The smallest absolute Gasteiger partial charge is 0.313 e. The van der Waals surface area contributed by atoms with Gasteiger partial charge in [0.1, 0.15) is 6.10 Å². The van der Waals surface area contributed by atoms with Crippen molar-refractivity contribution in [2.45, 2.75) is 131 Å². The maximum absolute atomic E-state index is 14.3. The Morgan fingerprint density at radius 1 is 1.00 bits per heavy atom. The molecule has 0 aromatic rings. The summed E-state index contributed by atoms with van der Waals surface area (Å²) in [5, 5.41) is 11.3. The number of aliphatic hydroxyl groups is 1. The van der Waals surface area contributed by atoms with Gasteiger partial charge in [0.25, 0.3) is 0 Å². The number of carbonyl (C=O) groups is 1. The normalized spacial score (nSPS) is 53.6. The summed E-state index contributed by atoms with van der Waals surface area (Å²) in [4.78, 5) is 14.3. The SMILES string of the molecule is CC1=C2CC3C(CC2(C)CCC1)OC(=O)C31CC2CC1(C)C1=C2C(C)CCC2C(C(C)C)C(O)CC2(C)C1. The van der Waals surface area contributed by atoms with Gasteiger partial charge in [-0.1, -0.05) is 63.8 Å². The van der Waals surface area contributed by atoms with Crippen LogP contribution in [0.5, 0.6) is 0 Å². The van der Waals surface area contributed by atoms with E-state index in [2.05, 4.69) is 48.5 Å². The first-order chi connectivity index (χ1) is 17.8. The van der Waals surface area contributed by atoms with Crippen molar-refractivity contribution in [3.8, 4) is 0 Å². The molecule has 210 valence electrons. The Balaban J connectivity index is 1.31. The molecule has 11 atom stereocenters. The fraction of sp³-hybridized carbons (Fsp3) is 0.857. The van der Waals surface area contributed by atoms with Crippen LogP contribution in [0.2, 0.25) is 0 Å². The quantitative estimate of drug-likeness (QED) is 0.281. The molecule has 38 heavy (non-hydrogen) atoms. The van der Waals surface area contributed by atoms with Crippen LogP contribution in [0, 0.1) is 57.2 Å². The number of esters is 1. The molecule has 7 aliphatic rings. The van der Waals surface area contributed by atoms with Crippen LogP contribution in [0.1, 0.15) is 119 Å². The van der Waals surface area contributed by atoms with E-state index in [1.807, 2.05) is 0 Å². The second-order valence-corrected chi connectivity index (χ2v) is 16.5. The number of aliphatic hydroxyl groups excluding tert-OH is 1. The van der Waals surface area contributed by atoms with Gasteiger partial charge in [-0.15, -0.1) is 0 Å². The van der Waals surface area contributed by atoms with Gasteiger partial charge in [0.15, 0.2) is 0 Å². The van der Waals surface area contributed by atoms with Crippen LogP contribution in [0.3, 0.4) is 0 Å². The summed E-state index contributed by atoms with van der Waals surface area (Å²) in [5.41, 5.74) is 6.55. The average molecular weight is 521 g/mol. The summed E-state index contributed by atoms with van der Waals surface area (Å²) in [6.45, 7) is 16.9. The molecule has 1 heterocycles. The second kappa shape index (κ2) is 8.01. The van der Waals surface area contributed by atoms with Crippen LogP contribution in [-0.2, 0) is 9.53 Å². The molecular weight excluding hydrogens is 468 g/mol. The van der Waals surface area contributed by atoms with Gasteiger partial charge in [-0.3, -0.25) is 4.79 Å². The van der Waals surface area contributed by atoms with E-state index in [9.17, 15) is 9.90 Å². The van der Waals surface area contributed by atoms with Crippen molar-refractivity contribution in [3.63, 3.8) is 0 Å². The number of allylic oxidation sites excluding steroid dienone is 4. The number of rotatable bonds is 1. The number of ether oxygens (including phenoxy) is 1. The Morgan fingerprint density at radius 3 is 2.50 bits per heavy atom. The van der Waals surface area contributed by atoms with E-state index in [1.165, 1.54) is 32.1 Å². The highest BCUT2D eigenvalue weighted by atomic mass is 16.6. The molecule has 3 saturated carbocycles. The summed E-state index contributed by atoms with van der Waals surface area (Å²) in [5.74, 6) is 3.09. The third-order valence-electron chi connectivity index (χ3n) is 14.2. The predicted molar refractivity (Wildman–Crippen MR) is 151 cm³/mol. The highest BCUT2D eigenvalue weighted by Crippen LogP contribution is 2.77. The fourth-order valence-electron chi connectivity index (χ4n) is 12.7. The minimum atomic E-state index is -0.354. The molecule has 0 amide bonds. The molecule has 1 spiro atoms. The Morgan fingerprint density at radius 2 is 1.76 bits per heavy atom. The average Bonchev–Trinajstić information content (AvgIpc) is 3.45. The number of hydrogen-bond acceptors (Lipinski definition) is 3. The van der Waals surface area contributed by atoms with Crippen LogP contribution in [0.25, 0.3) is 0 Å². The molecule has 7 rings (SSSR count). The Labute approximate surface area is 231 Å². The zero-order valence-electron chi connectivity index (χ0n) is 25.2. The van der Waals surface area contributed by atoms with Gasteiger partial charge in [-0.05, 0) is 118 Å². The number of carbonyl (C=O) groups excluding carboxylic acids is 1. The topological polar surface area (TPSA) is 46.5 Å². The van der Waals surface area contributed by atoms with Crippen LogP contribution in [-0.4, -0.2) is 23.3 Å². The van der Waals surface area contributed by atoms with Gasteiger partial charge in [0.2, 0.25) is 0 Å². The van der Waals surface area contributed by atoms with Gasteiger partial charge < -0.3 is 9.84 Å². The molecule has 0 radical (unpaired) electrons. The predicted octanol–water partition coefficient (Wildman–Crippen LogP) is 8.02. The van der Waals surface area contributed by atoms with Crippen molar-refractivity contribution < 1.29 is 14.6 Å². The van der Waals surface area contributed by atoms with Gasteiger partial charge >= 0.3 is 5.97 Å². The molecule has 6 aliphatic carbocycles. The van der Waals surface area contributed by atoms with Crippen LogP contribution < -0.4 is 0 Å². The molecular formula is C35H52O3. The molecule has 2 bridgehead atoms. The lowest BCUT2D eigenvalue weighted by molar-refractivity contribution is -0.153. The van der Waals surface area contributed by atoms with E-state index in [1.54, 1.807) is 22.3 Å². The molecule has 3 heteroatoms. The number of hydrogen-bond donors (Lipinski definition) is 1. The van der Waals surface area contributed by atoms with Crippen molar-refractivity contribution in [2.24, 2.45) is 57.2 Å².